The molecule has 0 aromatic rings. The molecule has 0 aliphatic carbocycles. The fourth-order valence-corrected chi connectivity index (χ4v) is 2.61. The van der Waals surface area contributed by atoms with E-state index in [-0.39, 0.29) is 12.2 Å². The Morgan fingerprint density at radius 3 is 1.78 bits per heavy atom. The second-order valence-electron chi connectivity index (χ2n) is 5.84. The van der Waals surface area contributed by atoms with Gasteiger partial charge >= 0.3 is 0 Å². The third-order valence-corrected chi connectivity index (χ3v) is 3.99. The van der Waals surface area contributed by atoms with Crippen LogP contribution in [0, 0.1) is 0 Å². The van der Waals surface area contributed by atoms with Gasteiger partial charge in [0.1, 0.15) is 6.10 Å². The molecule has 1 N–H and O–H groups in total. The van der Waals surface area contributed by atoms with Crippen LogP contribution in [0.5, 0.6) is 0 Å². The van der Waals surface area contributed by atoms with Crippen molar-refractivity contribution in [3.63, 3.8) is 0 Å². The van der Waals surface area contributed by atoms with Crippen molar-refractivity contribution in [1.29, 1.82) is 0 Å². The number of epoxide rings is 1. The van der Waals surface area contributed by atoms with Gasteiger partial charge in [-0.2, -0.15) is 0 Å². The summed E-state index contributed by atoms with van der Waals surface area (Å²) in [4.78, 5) is 0. The van der Waals surface area contributed by atoms with Crippen molar-refractivity contribution < 1.29 is 9.84 Å². The Morgan fingerprint density at radius 2 is 1.33 bits per heavy atom. The van der Waals surface area contributed by atoms with Crippen LogP contribution in [0.3, 0.4) is 0 Å². The Hall–Kier alpha value is -0.0800. The number of unbranched alkanes of at least 4 members (excludes halogenated alkanes) is 9. The maximum atomic E-state index is 9.76. The van der Waals surface area contributed by atoms with Crippen LogP contribution >= 0.6 is 0 Å². The van der Waals surface area contributed by atoms with Gasteiger partial charge in [-0.3, -0.25) is 0 Å². The van der Waals surface area contributed by atoms with Crippen LogP contribution < -0.4 is 0 Å². The summed E-state index contributed by atoms with van der Waals surface area (Å²) in [6.07, 6.45) is 14.7. The summed E-state index contributed by atoms with van der Waals surface area (Å²) >= 11 is 0. The molecule has 108 valence electrons. The molecule has 1 aliphatic heterocycles. The zero-order valence-corrected chi connectivity index (χ0v) is 12.4. The van der Waals surface area contributed by atoms with E-state index in [0.717, 1.165) is 12.8 Å². The minimum absolute atomic E-state index is 0.142. The van der Waals surface area contributed by atoms with Gasteiger partial charge in [-0.15, -0.1) is 0 Å². The number of aliphatic hydroxyl groups excluding tert-OH is 1. The summed E-state index contributed by atoms with van der Waals surface area (Å²) in [6, 6.07) is 0. The Balaban J connectivity index is 1.73. The van der Waals surface area contributed by atoms with Crippen LogP contribution in [-0.4, -0.2) is 23.4 Å². The van der Waals surface area contributed by atoms with E-state index >= 15 is 0 Å². The van der Waals surface area contributed by atoms with Crippen LogP contribution in [0.2, 0.25) is 0 Å². The van der Waals surface area contributed by atoms with Crippen molar-refractivity contribution in [1.82, 2.24) is 0 Å². The number of hydrogen-bond acceptors (Lipinski definition) is 2. The summed E-state index contributed by atoms with van der Waals surface area (Å²) in [5.74, 6) is 0. The smallest absolute Gasteiger partial charge is 0.110 e. The number of ether oxygens (including phenoxy) is 1. The Kier molecular flexibility index (Phi) is 8.70. The first kappa shape index (κ1) is 16.0. The summed E-state index contributed by atoms with van der Waals surface area (Å²) in [5.41, 5.74) is 0. The second-order valence-corrected chi connectivity index (χ2v) is 5.84. The average molecular weight is 256 g/mol. The predicted octanol–water partition coefficient (Wildman–Crippen LogP) is 4.45. The molecule has 18 heavy (non-hydrogen) atoms. The number of aliphatic hydroxyl groups is 1. The van der Waals surface area contributed by atoms with Crippen molar-refractivity contribution in [2.24, 2.45) is 0 Å². The lowest BCUT2D eigenvalue weighted by molar-refractivity contribution is 0.123. The topological polar surface area (TPSA) is 32.8 Å². The Labute approximate surface area is 113 Å². The molecule has 0 radical (unpaired) electrons. The van der Waals surface area contributed by atoms with E-state index < -0.39 is 0 Å². The van der Waals surface area contributed by atoms with Crippen LogP contribution in [0.1, 0.15) is 84.5 Å². The third-order valence-electron chi connectivity index (χ3n) is 3.99. The summed E-state index contributed by atoms with van der Waals surface area (Å²) in [5, 5.41) is 9.76. The molecule has 2 nitrogen and oxygen atoms in total. The zero-order valence-electron chi connectivity index (χ0n) is 12.4. The molecule has 0 bridgehead atoms. The Morgan fingerprint density at radius 1 is 0.889 bits per heavy atom. The van der Waals surface area contributed by atoms with Gasteiger partial charge in [0, 0.05) is 0 Å². The molecule has 3 atom stereocenters. The largest absolute Gasteiger partial charge is 0.390 e. The first-order valence-electron chi connectivity index (χ1n) is 8.09. The van der Waals surface area contributed by atoms with E-state index in [1.54, 1.807) is 0 Å². The zero-order chi connectivity index (χ0) is 13.2. The lowest BCUT2D eigenvalue weighted by Gasteiger charge is -2.07. The molecule has 1 heterocycles. The van der Waals surface area contributed by atoms with Gasteiger partial charge in [0.25, 0.3) is 0 Å². The van der Waals surface area contributed by atoms with Crippen molar-refractivity contribution in [3.05, 3.63) is 0 Å². The molecule has 0 amide bonds. The van der Waals surface area contributed by atoms with Gasteiger partial charge in [-0.25, -0.2) is 0 Å². The van der Waals surface area contributed by atoms with Gasteiger partial charge in [-0.1, -0.05) is 71.1 Å². The molecule has 1 rings (SSSR count). The van der Waals surface area contributed by atoms with E-state index in [0.29, 0.717) is 6.10 Å². The molecule has 1 aliphatic rings. The van der Waals surface area contributed by atoms with Gasteiger partial charge in [0.2, 0.25) is 0 Å². The van der Waals surface area contributed by atoms with E-state index in [2.05, 4.69) is 6.92 Å². The summed E-state index contributed by atoms with van der Waals surface area (Å²) in [7, 11) is 0. The summed E-state index contributed by atoms with van der Waals surface area (Å²) in [6.45, 7) is 4.30. The molecule has 2 heteroatoms. The van der Waals surface area contributed by atoms with E-state index in [4.69, 9.17) is 4.74 Å². The van der Waals surface area contributed by atoms with Crippen molar-refractivity contribution in [2.75, 3.05) is 0 Å². The quantitative estimate of drug-likeness (QED) is 0.413. The SMILES string of the molecule is CCCCCCCCCCCCC(O)C1OC1C. The molecular weight excluding hydrogens is 224 g/mol. The van der Waals surface area contributed by atoms with Gasteiger partial charge in [0.15, 0.2) is 0 Å². The maximum absolute atomic E-state index is 9.76. The fourth-order valence-electron chi connectivity index (χ4n) is 2.61. The van der Waals surface area contributed by atoms with Crippen molar-refractivity contribution >= 4 is 0 Å². The fraction of sp³-hybridized carbons (Fsp3) is 1.00. The Bertz CT molecular complexity index is 194. The molecule has 0 spiro atoms. The molecule has 0 aromatic carbocycles. The highest BCUT2D eigenvalue weighted by Crippen LogP contribution is 2.27. The molecule has 3 unspecified atom stereocenters. The second kappa shape index (κ2) is 9.80. The van der Waals surface area contributed by atoms with E-state index in [1.807, 2.05) is 6.92 Å². The standard InChI is InChI=1S/C16H32O2/c1-3-4-5-6-7-8-9-10-11-12-13-15(17)16-14(2)18-16/h14-17H,3-13H2,1-2H3. The van der Waals surface area contributed by atoms with Crippen molar-refractivity contribution in [3.8, 4) is 0 Å². The molecule has 1 fully saturated rings. The van der Waals surface area contributed by atoms with Crippen molar-refractivity contribution in [2.45, 2.75) is 103 Å². The normalized spacial score (nSPS) is 24.2. The highest BCUT2D eigenvalue weighted by atomic mass is 16.6. The first-order valence-corrected chi connectivity index (χ1v) is 8.09. The lowest BCUT2D eigenvalue weighted by atomic mass is 10.0. The third kappa shape index (κ3) is 7.38. The molecular formula is C16H32O2. The number of rotatable bonds is 12. The van der Waals surface area contributed by atoms with Crippen LogP contribution in [0.4, 0.5) is 0 Å². The predicted molar refractivity (Wildman–Crippen MR) is 76.8 cm³/mol. The highest BCUT2D eigenvalue weighted by molar-refractivity contribution is 4.86. The van der Waals surface area contributed by atoms with Crippen LogP contribution in [0.25, 0.3) is 0 Å². The highest BCUT2D eigenvalue weighted by Gasteiger charge is 2.39. The maximum Gasteiger partial charge on any atom is 0.110 e. The van der Waals surface area contributed by atoms with E-state index in [1.165, 1.54) is 57.8 Å². The molecule has 0 saturated carbocycles. The minimum atomic E-state index is -0.214. The monoisotopic (exact) mass is 256 g/mol. The lowest BCUT2D eigenvalue weighted by Crippen LogP contribution is -2.15. The first-order chi connectivity index (χ1) is 8.75. The minimum Gasteiger partial charge on any atom is -0.390 e. The van der Waals surface area contributed by atoms with Gasteiger partial charge < -0.3 is 9.84 Å². The summed E-state index contributed by atoms with van der Waals surface area (Å²) < 4.78 is 5.27. The van der Waals surface area contributed by atoms with Crippen LogP contribution in [-0.2, 0) is 4.74 Å². The van der Waals surface area contributed by atoms with Crippen LogP contribution in [0.15, 0.2) is 0 Å². The van der Waals surface area contributed by atoms with Gasteiger partial charge in [-0.05, 0) is 13.3 Å². The van der Waals surface area contributed by atoms with Gasteiger partial charge in [0.05, 0.1) is 12.2 Å². The average Bonchev–Trinajstić information content (AvgIpc) is 3.09. The van der Waals surface area contributed by atoms with E-state index in [9.17, 15) is 5.11 Å². The molecule has 0 aromatic heterocycles. The molecule has 1 saturated heterocycles. The number of hydrogen-bond donors (Lipinski definition) is 1.